The lowest BCUT2D eigenvalue weighted by molar-refractivity contribution is 0.314. The minimum absolute atomic E-state index is 0.827. The van der Waals surface area contributed by atoms with Crippen LogP contribution in [0.15, 0.2) is 24.3 Å². The van der Waals surface area contributed by atoms with Gasteiger partial charge >= 0.3 is 0 Å². The summed E-state index contributed by atoms with van der Waals surface area (Å²) in [6, 6.07) is 8.49. The van der Waals surface area contributed by atoms with Crippen molar-refractivity contribution in [3.05, 3.63) is 29.8 Å². The lowest BCUT2D eigenvalue weighted by Gasteiger charge is -2.10. The summed E-state index contributed by atoms with van der Waals surface area (Å²) >= 11 is 0. The molecule has 0 bridgehead atoms. The fourth-order valence-corrected chi connectivity index (χ4v) is 2.16. The highest BCUT2D eigenvalue weighted by atomic mass is 16.5. The van der Waals surface area contributed by atoms with Crippen molar-refractivity contribution in [2.24, 2.45) is 0 Å². The number of hydrogen-bond acceptors (Lipinski definition) is 1. The second kappa shape index (κ2) is 9.99. The summed E-state index contributed by atoms with van der Waals surface area (Å²) in [7, 11) is 0. The zero-order valence-corrected chi connectivity index (χ0v) is 12.1. The lowest BCUT2D eigenvalue weighted by atomic mass is 10.0. The number of para-hydroxylation sites is 1. The van der Waals surface area contributed by atoms with Crippen molar-refractivity contribution < 1.29 is 4.74 Å². The van der Waals surface area contributed by atoms with E-state index in [0.717, 1.165) is 25.2 Å². The normalized spacial score (nSPS) is 10.6. The maximum Gasteiger partial charge on any atom is 0.122 e. The maximum atomic E-state index is 5.78. The minimum Gasteiger partial charge on any atom is -0.493 e. The summed E-state index contributed by atoms with van der Waals surface area (Å²) < 4.78 is 5.78. The molecule has 102 valence electrons. The van der Waals surface area contributed by atoms with E-state index in [9.17, 15) is 0 Å². The second-order valence-corrected chi connectivity index (χ2v) is 4.97. The molecule has 0 saturated carbocycles. The predicted octanol–water partition coefficient (Wildman–Crippen LogP) is 5.38. The highest BCUT2D eigenvalue weighted by molar-refractivity contribution is 5.33. The molecule has 1 aromatic rings. The third-order valence-electron chi connectivity index (χ3n) is 3.23. The summed E-state index contributed by atoms with van der Waals surface area (Å²) in [6.07, 6.45) is 10.4. The van der Waals surface area contributed by atoms with Gasteiger partial charge < -0.3 is 4.74 Å². The van der Waals surface area contributed by atoms with Crippen LogP contribution in [0, 0.1) is 0 Å². The van der Waals surface area contributed by atoms with E-state index in [-0.39, 0.29) is 0 Å². The molecule has 0 saturated heterocycles. The average molecular weight is 248 g/mol. The minimum atomic E-state index is 0.827. The van der Waals surface area contributed by atoms with Gasteiger partial charge in [0.25, 0.3) is 0 Å². The van der Waals surface area contributed by atoms with Gasteiger partial charge in [0.1, 0.15) is 5.75 Å². The van der Waals surface area contributed by atoms with E-state index in [0.29, 0.717) is 0 Å². The van der Waals surface area contributed by atoms with Crippen molar-refractivity contribution in [2.45, 2.75) is 65.2 Å². The molecule has 1 aromatic carbocycles. The second-order valence-electron chi connectivity index (χ2n) is 4.97. The fraction of sp³-hybridized carbons (Fsp3) is 0.647. The van der Waals surface area contributed by atoms with Crippen LogP contribution >= 0.6 is 0 Å². The SMILES string of the molecule is CCCCCCCCc1ccccc1OCCC. The summed E-state index contributed by atoms with van der Waals surface area (Å²) in [5.74, 6) is 1.09. The number of ether oxygens (including phenoxy) is 1. The Hall–Kier alpha value is -0.980. The number of benzene rings is 1. The Morgan fingerprint density at radius 3 is 2.33 bits per heavy atom. The van der Waals surface area contributed by atoms with Gasteiger partial charge in [-0.3, -0.25) is 0 Å². The molecule has 0 atom stereocenters. The maximum absolute atomic E-state index is 5.78. The Labute approximate surface area is 113 Å². The van der Waals surface area contributed by atoms with Crippen molar-refractivity contribution in [3.8, 4) is 5.75 Å². The van der Waals surface area contributed by atoms with E-state index < -0.39 is 0 Å². The van der Waals surface area contributed by atoms with Gasteiger partial charge in [0.2, 0.25) is 0 Å². The van der Waals surface area contributed by atoms with E-state index in [1.54, 1.807) is 0 Å². The lowest BCUT2D eigenvalue weighted by Crippen LogP contribution is -1.98. The molecule has 0 N–H and O–H groups in total. The Bertz CT molecular complexity index is 306. The van der Waals surface area contributed by atoms with Gasteiger partial charge in [-0.25, -0.2) is 0 Å². The predicted molar refractivity (Wildman–Crippen MR) is 79.3 cm³/mol. The van der Waals surface area contributed by atoms with Crippen LogP contribution in [-0.2, 0) is 6.42 Å². The Morgan fingerprint density at radius 1 is 0.833 bits per heavy atom. The van der Waals surface area contributed by atoms with Crippen molar-refractivity contribution in [1.82, 2.24) is 0 Å². The van der Waals surface area contributed by atoms with Gasteiger partial charge in [-0.05, 0) is 30.9 Å². The van der Waals surface area contributed by atoms with E-state index in [1.165, 1.54) is 44.1 Å². The summed E-state index contributed by atoms with van der Waals surface area (Å²) in [5, 5.41) is 0. The molecular formula is C17H28O. The van der Waals surface area contributed by atoms with E-state index in [1.807, 2.05) is 0 Å². The van der Waals surface area contributed by atoms with Crippen molar-refractivity contribution >= 4 is 0 Å². The largest absolute Gasteiger partial charge is 0.493 e. The molecule has 0 radical (unpaired) electrons. The molecule has 0 unspecified atom stereocenters. The Balaban J connectivity index is 2.27. The van der Waals surface area contributed by atoms with Crippen LogP contribution in [-0.4, -0.2) is 6.61 Å². The zero-order valence-electron chi connectivity index (χ0n) is 12.1. The number of rotatable bonds is 10. The average Bonchev–Trinajstić information content (AvgIpc) is 2.41. The van der Waals surface area contributed by atoms with Crippen molar-refractivity contribution in [1.29, 1.82) is 0 Å². The molecule has 0 spiro atoms. The first-order chi connectivity index (χ1) is 8.88. The molecule has 0 amide bonds. The van der Waals surface area contributed by atoms with Gasteiger partial charge in [0.05, 0.1) is 6.61 Å². The van der Waals surface area contributed by atoms with Crippen molar-refractivity contribution in [2.75, 3.05) is 6.61 Å². The van der Waals surface area contributed by atoms with Crippen LogP contribution in [0.1, 0.15) is 64.4 Å². The molecular weight excluding hydrogens is 220 g/mol. The van der Waals surface area contributed by atoms with Crippen LogP contribution in [0.4, 0.5) is 0 Å². The summed E-state index contributed by atoms with van der Waals surface area (Å²) in [6.45, 7) is 5.24. The molecule has 1 rings (SSSR count). The van der Waals surface area contributed by atoms with Gasteiger partial charge in [0, 0.05) is 0 Å². The Kier molecular flexibility index (Phi) is 8.37. The van der Waals surface area contributed by atoms with E-state index in [2.05, 4.69) is 38.1 Å². The first-order valence-electron chi connectivity index (χ1n) is 7.59. The molecule has 0 heterocycles. The van der Waals surface area contributed by atoms with Gasteiger partial charge in [-0.2, -0.15) is 0 Å². The zero-order chi connectivity index (χ0) is 13.1. The molecule has 1 heteroatoms. The highest BCUT2D eigenvalue weighted by Crippen LogP contribution is 2.21. The van der Waals surface area contributed by atoms with Gasteiger partial charge in [-0.1, -0.05) is 64.2 Å². The number of hydrogen-bond donors (Lipinski definition) is 0. The van der Waals surface area contributed by atoms with E-state index >= 15 is 0 Å². The smallest absolute Gasteiger partial charge is 0.122 e. The number of unbranched alkanes of at least 4 members (excludes halogenated alkanes) is 5. The summed E-state index contributed by atoms with van der Waals surface area (Å²) in [5.41, 5.74) is 1.38. The molecule has 18 heavy (non-hydrogen) atoms. The van der Waals surface area contributed by atoms with Crippen LogP contribution < -0.4 is 4.74 Å². The first-order valence-corrected chi connectivity index (χ1v) is 7.59. The summed E-state index contributed by atoms with van der Waals surface area (Å²) in [4.78, 5) is 0. The monoisotopic (exact) mass is 248 g/mol. The van der Waals surface area contributed by atoms with Crippen molar-refractivity contribution in [3.63, 3.8) is 0 Å². The highest BCUT2D eigenvalue weighted by Gasteiger charge is 2.02. The standard InChI is InChI=1S/C17H28O/c1-3-5-6-7-8-9-12-16-13-10-11-14-17(16)18-15-4-2/h10-11,13-14H,3-9,12,15H2,1-2H3. The molecule has 0 aliphatic carbocycles. The third kappa shape index (κ3) is 6.09. The third-order valence-corrected chi connectivity index (χ3v) is 3.23. The number of aryl methyl sites for hydroxylation is 1. The molecule has 1 nitrogen and oxygen atoms in total. The van der Waals surface area contributed by atoms with E-state index in [4.69, 9.17) is 4.74 Å². The van der Waals surface area contributed by atoms with Crippen LogP contribution in [0.3, 0.4) is 0 Å². The quantitative estimate of drug-likeness (QED) is 0.505. The molecule has 0 fully saturated rings. The molecule has 0 aromatic heterocycles. The van der Waals surface area contributed by atoms with Crippen LogP contribution in [0.2, 0.25) is 0 Å². The molecule has 0 aliphatic heterocycles. The van der Waals surface area contributed by atoms with Gasteiger partial charge in [-0.15, -0.1) is 0 Å². The van der Waals surface area contributed by atoms with Crippen LogP contribution in [0.5, 0.6) is 5.75 Å². The van der Waals surface area contributed by atoms with Gasteiger partial charge in [0.15, 0.2) is 0 Å². The van der Waals surface area contributed by atoms with Crippen LogP contribution in [0.25, 0.3) is 0 Å². The fourth-order valence-electron chi connectivity index (χ4n) is 2.16. The topological polar surface area (TPSA) is 9.23 Å². The Morgan fingerprint density at radius 2 is 1.56 bits per heavy atom. The first kappa shape index (κ1) is 15.1. The molecule has 0 aliphatic rings.